The number of tetrazole rings is 1. The van der Waals surface area contributed by atoms with Gasteiger partial charge in [-0.15, -0.1) is 16.4 Å². The number of nitrogens with one attached hydrogen (secondary N) is 2. The van der Waals surface area contributed by atoms with Crippen molar-refractivity contribution in [1.82, 2.24) is 25.5 Å². The molecule has 0 radical (unpaired) electrons. The second-order valence-electron chi connectivity index (χ2n) is 6.46. The summed E-state index contributed by atoms with van der Waals surface area (Å²) in [5.41, 5.74) is 0.483. The summed E-state index contributed by atoms with van der Waals surface area (Å²) in [5, 5.41) is 18.2. The molecule has 3 aromatic rings. The Morgan fingerprint density at radius 2 is 2.04 bits per heavy atom. The van der Waals surface area contributed by atoms with Crippen LogP contribution in [0.15, 0.2) is 35.7 Å². The molecule has 0 saturated carbocycles. The van der Waals surface area contributed by atoms with Crippen LogP contribution in [0.25, 0.3) is 5.69 Å². The predicted molar refractivity (Wildman–Crippen MR) is 103 cm³/mol. The number of hydrogen-bond donors (Lipinski definition) is 2. The topological polar surface area (TPSA) is 102 Å². The maximum Gasteiger partial charge on any atom is 0.262 e. The Balaban J connectivity index is 1.80. The molecule has 28 heavy (non-hydrogen) atoms. The zero-order valence-corrected chi connectivity index (χ0v) is 16.3. The average molecular weight is 402 g/mol. The second-order valence-corrected chi connectivity index (χ2v) is 7.41. The van der Waals surface area contributed by atoms with Crippen LogP contribution in [0.5, 0.6) is 0 Å². The normalized spacial score (nSPS) is 12.0. The minimum Gasteiger partial charge on any atom is -0.339 e. The van der Waals surface area contributed by atoms with Crippen molar-refractivity contribution in [3.05, 3.63) is 52.2 Å². The first kappa shape index (κ1) is 19.6. The van der Waals surface area contributed by atoms with Gasteiger partial charge in [0, 0.05) is 0 Å². The minimum atomic E-state index is -0.826. The lowest BCUT2D eigenvalue weighted by Gasteiger charge is -2.21. The minimum absolute atomic E-state index is 0.0200. The third-order valence-electron chi connectivity index (χ3n) is 4.06. The maximum atomic E-state index is 14.3. The molecule has 2 aromatic heterocycles. The van der Waals surface area contributed by atoms with Crippen LogP contribution in [-0.2, 0) is 4.79 Å². The van der Waals surface area contributed by atoms with Crippen molar-refractivity contribution in [2.24, 2.45) is 5.92 Å². The van der Waals surface area contributed by atoms with Crippen molar-refractivity contribution in [2.75, 3.05) is 5.32 Å². The highest BCUT2D eigenvalue weighted by atomic mass is 32.1. The van der Waals surface area contributed by atoms with Crippen LogP contribution < -0.4 is 10.6 Å². The fraction of sp³-hybridized carbons (Fsp3) is 0.278. The van der Waals surface area contributed by atoms with E-state index in [9.17, 15) is 14.0 Å². The number of aromatic nitrogens is 4. The number of thiophene rings is 1. The summed E-state index contributed by atoms with van der Waals surface area (Å²) in [7, 11) is 0. The predicted octanol–water partition coefficient (Wildman–Crippen LogP) is 2.56. The van der Waals surface area contributed by atoms with Gasteiger partial charge in [0.2, 0.25) is 5.91 Å². The Hall–Kier alpha value is -3.14. The van der Waals surface area contributed by atoms with Crippen molar-refractivity contribution >= 4 is 28.8 Å². The first-order valence-electron chi connectivity index (χ1n) is 8.57. The number of aryl methyl sites for hydroxylation is 1. The van der Waals surface area contributed by atoms with Crippen LogP contribution in [0.1, 0.15) is 29.3 Å². The summed E-state index contributed by atoms with van der Waals surface area (Å²) in [6.45, 7) is 5.31. The van der Waals surface area contributed by atoms with E-state index >= 15 is 0 Å². The van der Waals surface area contributed by atoms with Crippen LogP contribution in [0.3, 0.4) is 0 Å². The van der Waals surface area contributed by atoms with E-state index in [0.717, 1.165) is 0 Å². The summed E-state index contributed by atoms with van der Waals surface area (Å²) in [6.07, 6.45) is 0. The molecule has 1 unspecified atom stereocenters. The highest BCUT2D eigenvalue weighted by Crippen LogP contribution is 2.20. The SMILES string of the molecule is Cc1nnnn1-c1ccc(F)c(NC(=O)C(NC(=O)c2cccs2)C(C)C)c1. The number of amides is 2. The first-order chi connectivity index (χ1) is 13.4. The second kappa shape index (κ2) is 8.26. The Kier molecular flexibility index (Phi) is 5.78. The highest BCUT2D eigenvalue weighted by molar-refractivity contribution is 7.12. The molecular formula is C18H19FN6O2S. The van der Waals surface area contributed by atoms with E-state index in [4.69, 9.17) is 0 Å². The maximum absolute atomic E-state index is 14.3. The van der Waals surface area contributed by atoms with Gasteiger partial charge in [0.15, 0.2) is 5.82 Å². The molecule has 146 valence electrons. The lowest BCUT2D eigenvalue weighted by Crippen LogP contribution is -2.47. The number of halogens is 1. The number of carbonyl (C=O) groups is 2. The van der Waals surface area contributed by atoms with E-state index < -0.39 is 17.8 Å². The van der Waals surface area contributed by atoms with Gasteiger partial charge in [0.1, 0.15) is 11.9 Å². The van der Waals surface area contributed by atoms with Gasteiger partial charge in [-0.1, -0.05) is 19.9 Å². The molecule has 0 saturated heterocycles. The molecule has 2 amide bonds. The van der Waals surface area contributed by atoms with Crippen molar-refractivity contribution in [3.8, 4) is 5.69 Å². The lowest BCUT2D eigenvalue weighted by molar-refractivity contribution is -0.118. The summed E-state index contributed by atoms with van der Waals surface area (Å²) >= 11 is 1.28. The van der Waals surface area contributed by atoms with Gasteiger partial charge in [-0.3, -0.25) is 9.59 Å². The third-order valence-corrected chi connectivity index (χ3v) is 4.93. The van der Waals surface area contributed by atoms with E-state index in [0.29, 0.717) is 16.4 Å². The number of nitrogens with zero attached hydrogens (tertiary/aromatic N) is 4. The van der Waals surface area contributed by atoms with Gasteiger partial charge >= 0.3 is 0 Å². The molecule has 0 fully saturated rings. The van der Waals surface area contributed by atoms with Crippen molar-refractivity contribution < 1.29 is 14.0 Å². The average Bonchev–Trinajstić information content (AvgIpc) is 3.32. The summed E-state index contributed by atoms with van der Waals surface area (Å²) in [4.78, 5) is 25.6. The van der Waals surface area contributed by atoms with E-state index in [1.807, 2.05) is 0 Å². The van der Waals surface area contributed by atoms with Crippen molar-refractivity contribution in [3.63, 3.8) is 0 Å². The molecule has 2 heterocycles. The standard InChI is InChI=1S/C18H19FN6O2S/c1-10(2)16(21-17(26)15-5-4-8-28-15)18(27)20-14-9-12(6-7-13(14)19)25-11(3)22-23-24-25/h4-10,16H,1-3H3,(H,20,27)(H,21,26). The monoisotopic (exact) mass is 402 g/mol. The molecular weight excluding hydrogens is 383 g/mol. The fourth-order valence-electron chi connectivity index (χ4n) is 2.58. The van der Waals surface area contributed by atoms with Crippen LogP contribution in [0, 0.1) is 18.7 Å². The van der Waals surface area contributed by atoms with E-state index in [1.54, 1.807) is 38.3 Å². The smallest absolute Gasteiger partial charge is 0.262 e. The Morgan fingerprint density at radius 1 is 1.25 bits per heavy atom. The van der Waals surface area contributed by atoms with Gasteiger partial charge in [-0.05, 0) is 52.9 Å². The first-order valence-corrected chi connectivity index (χ1v) is 9.45. The molecule has 0 spiro atoms. The lowest BCUT2D eigenvalue weighted by atomic mass is 10.0. The van der Waals surface area contributed by atoms with Gasteiger partial charge < -0.3 is 10.6 Å². The summed E-state index contributed by atoms with van der Waals surface area (Å²) in [6, 6.07) is 6.77. The van der Waals surface area contributed by atoms with E-state index in [1.165, 1.54) is 34.2 Å². The van der Waals surface area contributed by atoms with Crippen molar-refractivity contribution in [2.45, 2.75) is 26.8 Å². The molecule has 0 aliphatic rings. The number of anilines is 1. The van der Waals surface area contributed by atoms with Gasteiger partial charge in [0.05, 0.1) is 16.3 Å². The Bertz CT molecular complexity index is 986. The molecule has 3 rings (SSSR count). The van der Waals surface area contributed by atoms with E-state index in [-0.39, 0.29) is 17.5 Å². The van der Waals surface area contributed by atoms with Gasteiger partial charge in [-0.25, -0.2) is 4.39 Å². The number of benzene rings is 1. The van der Waals surface area contributed by atoms with Crippen LogP contribution in [0.4, 0.5) is 10.1 Å². The number of carbonyl (C=O) groups excluding carboxylic acids is 2. The molecule has 1 atom stereocenters. The highest BCUT2D eigenvalue weighted by Gasteiger charge is 2.26. The zero-order valence-electron chi connectivity index (χ0n) is 15.5. The van der Waals surface area contributed by atoms with Crippen molar-refractivity contribution in [1.29, 1.82) is 0 Å². The molecule has 0 bridgehead atoms. The number of hydrogen-bond acceptors (Lipinski definition) is 6. The largest absolute Gasteiger partial charge is 0.339 e. The molecule has 8 nitrogen and oxygen atoms in total. The van der Waals surface area contributed by atoms with Gasteiger partial charge in [-0.2, -0.15) is 4.68 Å². The summed E-state index contributed by atoms with van der Waals surface area (Å²) < 4.78 is 15.7. The third kappa shape index (κ3) is 4.22. The quantitative estimate of drug-likeness (QED) is 0.660. The number of rotatable bonds is 6. The molecule has 2 N–H and O–H groups in total. The molecule has 0 aliphatic carbocycles. The van der Waals surface area contributed by atoms with Gasteiger partial charge in [0.25, 0.3) is 5.91 Å². The zero-order chi connectivity index (χ0) is 20.3. The van der Waals surface area contributed by atoms with Crippen LogP contribution >= 0.6 is 11.3 Å². The Morgan fingerprint density at radius 3 is 2.64 bits per heavy atom. The molecule has 1 aromatic carbocycles. The summed E-state index contributed by atoms with van der Waals surface area (Å²) in [5.74, 6) is -1.13. The van der Waals surface area contributed by atoms with E-state index in [2.05, 4.69) is 26.2 Å². The molecule has 0 aliphatic heterocycles. The fourth-order valence-corrected chi connectivity index (χ4v) is 3.20. The Labute approximate surface area is 164 Å². The van der Waals surface area contributed by atoms with Crippen LogP contribution in [0.2, 0.25) is 0 Å². The van der Waals surface area contributed by atoms with Crippen LogP contribution in [-0.4, -0.2) is 38.1 Å². The molecule has 10 heteroatoms.